The van der Waals surface area contributed by atoms with Crippen molar-refractivity contribution in [2.24, 2.45) is 0 Å². The van der Waals surface area contributed by atoms with Crippen LogP contribution in [-0.4, -0.2) is 22.4 Å². The monoisotopic (exact) mass is 202 g/mol. The Morgan fingerprint density at radius 1 is 0.923 bits per heavy atom. The van der Waals surface area contributed by atoms with Gasteiger partial charge in [0.2, 0.25) is 0 Å². The molecule has 0 N–H and O–H groups in total. The number of thioether (sulfide) groups is 1. The third-order valence-electron chi connectivity index (χ3n) is 1.40. The maximum atomic E-state index is 11.0. The van der Waals surface area contributed by atoms with E-state index in [-0.39, 0.29) is 23.1 Å². The molecule has 0 aliphatic carbocycles. The van der Waals surface area contributed by atoms with Crippen LogP contribution in [0.5, 0.6) is 0 Å². The van der Waals surface area contributed by atoms with Crippen LogP contribution in [-0.2, 0) is 14.4 Å². The number of hydrogen-bond donors (Lipinski definition) is 0. The minimum atomic E-state index is -0.00329. The second-order valence-electron chi connectivity index (χ2n) is 2.87. The van der Waals surface area contributed by atoms with Crippen LogP contribution in [0.1, 0.15) is 33.1 Å². The topological polar surface area (TPSA) is 51.2 Å². The zero-order valence-corrected chi connectivity index (χ0v) is 8.78. The van der Waals surface area contributed by atoms with Crippen LogP contribution in [0, 0.1) is 0 Å². The largest absolute Gasteiger partial charge is 0.300 e. The SMILES string of the molecule is CC(=O)CCSC(=O)CCC(C)=O. The van der Waals surface area contributed by atoms with Gasteiger partial charge < -0.3 is 4.79 Å². The molecule has 0 amide bonds. The minimum absolute atomic E-state index is 0.00329. The summed E-state index contributed by atoms with van der Waals surface area (Å²) in [5, 5.41) is -0.00329. The van der Waals surface area contributed by atoms with Crippen LogP contribution >= 0.6 is 11.8 Å². The Balaban J connectivity index is 3.41. The molecule has 0 fully saturated rings. The molecule has 3 nitrogen and oxygen atoms in total. The van der Waals surface area contributed by atoms with E-state index in [0.717, 1.165) is 11.8 Å². The lowest BCUT2D eigenvalue weighted by atomic mass is 10.2. The first kappa shape index (κ1) is 12.4. The molecule has 0 saturated carbocycles. The smallest absolute Gasteiger partial charge is 0.189 e. The highest BCUT2D eigenvalue weighted by Crippen LogP contribution is 2.09. The molecule has 0 unspecified atom stereocenters. The highest BCUT2D eigenvalue weighted by Gasteiger charge is 2.04. The van der Waals surface area contributed by atoms with Gasteiger partial charge in [0.15, 0.2) is 5.12 Å². The van der Waals surface area contributed by atoms with Crippen LogP contribution in [0.2, 0.25) is 0 Å². The molecule has 0 spiro atoms. The van der Waals surface area contributed by atoms with E-state index in [4.69, 9.17) is 0 Å². The number of carbonyl (C=O) groups excluding carboxylic acids is 3. The van der Waals surface area contributed by atoms with Crippen LogP contribution in [0.3, 0.4) is 0 Å². The quantitative estimate of drug-likeness (QED) is 0.656. The first-order chi connectivity index (χ1) is 6.02. The summed E-state index contributed by atoms with van der Waals surface area (Å²) in [6, 6.07) is 0. The van der Waals surface area contributed by atoms with Crippen LogP contribution in [0.25, 0.3) is 0 Å². The molecule has 0 rings (SSSR count). The summed E-state index contributed by atoms with van der Waals surface area (Å²) in [4.78, 5) is 32.1. The summed E-state index contributed by atoms with van der Waals surface area (Å²) in [5.41, 5.74) is 0. The maximum absolute atomic E-state index is 11.0. The highest BCUT2D eigenvalue weighted by molar-refractivity contribution is 8.13. The molecular weight excluding hydrogens is 188 g/mol. The molecule has 0 atom stereocenters. The van der Waals surface area contributed by atoms with E-state index in [1.165, 1.54) is 13.8 Å². The van der Waals surface area contributed by atoms with E-state index < -0.39 is 0 Å². The number of carbonyl (C=O) groups is 3. The summed E-state index contributed by atoms with van der Waals surface area (Å²) in [6.07, 6.45) is 1.03. The molecular formula is C9H14O3S. The molecule has 0 aromatic carbocycles. The molecule has 0 aliphatic rings. The van der Waals surface area contributed by atoms with Crippen LogP contribution in [0.4, 0.5) is 0 Å². The van der Waals surface area contributed by atoms with Crippen molar-refractivity contribution in [1.82, 2.24) is 0 Å². The molecule has 0 bridgehead atoms. The Labute approximate surface area is 82.3 Å². The van der Waals surface area contributed by atoms with Gasteiger partial charge in [0.1, 0.15) is 11.6 Å². The van der Waals surface area contributed by atoms with E-state index >= 15 is 0 Å². The fourth-order valence-electron chi connectivity index (χ4n) is 0.659. The molecule has 0 saturated heterocycles. The lowest BCUT2D eigenvalue weighted by molar-refractivity contribution is -0.119. The third kappa shape index (κ3) is 9.27. The normalized spacial score (nSPS) is 9.69. The van der Waals surface area contributed by atoms with Crippen molar-refractivity contribution in [2.75, 3.05) is 5.75 Å². The predicted molar refractivity (Wildman–Crippen MR) is 52.7 cm³/mol. The van der Waals surface area contributed by atoms with Gasteiger partial charge in [-0.3, -0.25) is 9.59 Å². The molecule has 13 heavy (non-hydrogen) atoms. The van der Waals surface area contributed by atoms with Gasteiger partial charge in [-0.25, -0.2) is 0 Å². The Bertz CT molecular complexity index is 211. The zero-order chi connectivity index (χ0) is 10.3. The van der Waals surface area contributed by atoms with Crippen molar-refractivity contribution in [3.63, 3.8) is 0 Å². The van der Waals surface area contributed by atoms with Crippen molar-refractivity contribution in [2.45, 2.75) is 33.1 Å². The average molecular weight is 202 g/mol. The summed E-state index contributed by atoms with van der Waals surface area (Å²) in [6.45, 7) is 2.97. The predicted octanol–water partition coefficient (Wildman–Crippen LogP) is 1.59. The van der Waals surface area contributed by atoms with Gasteiger partial charge in [0.05, 0.1) is 0 Å². The molecule has 74 valence electrons. The molecule has 0 radical (unpaired) electrons. The van der Waals surface area contributed by atoms with Gasteiger partial charge in [0.25, 0.3) is 0 Å². The van der Waals surface area contributed by atoms with Crippen LogP contribution in [0.15, 0.2) is 0 Å². The summed E-state index contributed by atoms with van der Waals surface area (Å²) < 4.78 is 0. The molecule has 0 aromatic rings. The number of ketones is 2. The average Bonchev–Trinajstić information content (AvgIpc) is 2.00. The Morgan fingerprint density at radius 2 is 1.46 bits per heavy atom. The van der Waals surface area contributed by atoms with E-state index in [0.29, 0.717) is 18.6 Å². The summed E-state index contributed by atoms with van der Waals surface area (Å²) >= 11 is 1.13. The highest BCUT2D eigenvalue weighted by atomic mass is 32.2. The Morgan fingerprint density at radius 3 is 1.92 bits per heavy atom. The minimum Gasteiger partial charge on any atom is -0.300 e. The first-order valence-corrected chi connectivity index (χ1v) is 5.15. The number of Topliss-reactive ketones (excluding diaryl/α,β-unsaturated/α-hetero) is 2. The first-order valence-electron chi connectivity index (χ1n) is 4.17. The van der Waals surface area contributed by atoms with E-state index in [9.17, 15) is 14.4 Å². The Kier molecular flexibility index (Phi) is 6.49. The van der Waals surface area contributed by atoms with Gasteiger partial charge in [-0.2, -0.15) is 0 Å². The van der Waals surface area contributed by atoms with Gasteiger partial charge in [-0.1, -0.05) is 11.8 Å². The summed E-state index contributed by atoms with van der Waals surface area (Å²) in [5.74, 6) is 0.652. The van der Waals surface area contributed by atoms with Gasteiger partial charge in [-0.15, -0.1) is 0 Å². The van der Waals surface area contributed by atoms with Gasteiger partial charge in [-0.05, 0) is 13.8 Å². The lowest BCUT2D eigenvalue weighted by Gasteiger charge is -1.97. The molecule has 0 heterocycles. The maximum Gasteiger partial charge on any atom is 0.189 e. The Hall–Kier alpha value is -0.640. The van der Waals surface area contributed by atoms with Crippen molar-refractivity contribution >= 4 is 28.4 Å². The second kappa shape index (κ2) is 6.83. The fraction of sp³-hybridized carbons (Fsp3) is 0.667. The second-order valence-corrected chi connectivity index (χ2v) is 4.03. The standard InChI is InChI=1S/C9H14O3S/c1-7(10)3-4-9(12)13-6-5-8(2)11/h3-6H2,1-2H3. The summed E-state index contributed by atoms with van der Waals surface area (Å²) in [7, 11) is 0. The van der Waals surface area contributed by atoms with Gasteiger partial charge >= 0.3 is 0 Å². The number of hydrogen-bond acceptors (Lipinski definition) is 4. The van der Waals surface area contributed by atoms with Crippen molar-refractivity contribution in [3.8, 4) is 0 Å². The van der Waals surface area contributed by atoms with Crippen molar-refractivity contribution < 1.29 is 14.4 Å². The number of rotatable bonds is 6. The lowest BCUT2D eigenvalue weighted by Crippen LogP contribution is -2.00. The fourth-order valence-corrected chi connectivity index (χ4v) is 1.52. The van der Waals surface area contributed by atoms with Crippen molar-refractivity contribution in [3.05, 3.63) is 0 Å². The zero-order valence-electron chi connectivity index (χ0n) is 7.96. The van der Waals surface area contributed by atoms with Crippen molar-refractivity contribution in [1.29, 1.82) is 0 Å². The molecule has 0 aliphatic heterocycles. The van der Waals surface area contributed by atoms with E-state index in [2.05, 4.69) is 0 Å². The van der Waals surface area contributed by atoms with Gasteiger partial charge in [0, 0.05) is 25.0 Å². The third-order valence-corrected chi connectivity index (χ3v) is 2.33. The molecule has 4 heteroatoms. The molecule has 0 aromatic heterocycles. The van der Waals surface area contributed by atoms with E-state index in [1.807, 2.05) is 0 Å². The van der Waals surface area contributed by atoms with E-state index in [1.54, 1.807) is 0 Å². The van der Waals surface area contributed by atoms with Crippen LogP contribution < -0.4 is 0 Å².